The Kier molecular flexibility index (Phi) is 8.71. The standard InChI is InChI=1S/C32H35ClN2O9/c1-42-30-25(37)20(22-23(27(30)39)29-31(44-32(22)41)28(40)26(38)21(16-36)43-29)15-34-11-13-35(14-12-34)24(17-5-3-2-4-6-17)18-7-9-19(33)10-8-18/h2-10,21,24,26,28-29,31,36-40H,11-16H2,1H3/t21-,24?,26-,28+,29?,31?/m0/s1. The van der Waals surface area contributed by atoms with Crippen LogP contribution in [-0.2, 0) is 16.0 Å². The van der Waals surface area contributed by atoms with Crippen LogP contribution >= 0.6 is 11.6 Å². The van der Waals surface area contributed by atoms with Crippen LogP contribution in [-0.4, -0.2) is 106 Å². The first-order valence-electron chi connectivity index (χ1n) is 14.5. The summed E-state index contributed by atoms with van der Waals surface area (Å²) in [7, 11) is 1.28. The Bertz CT molecular complexity index is 1500. The fraction of sp³-hybridized carbons (Fsp3) is 0.406. The molecule has 3 aliphatic rings. The van der Waals surface area contributed by atoms with Crippen LogP contribution in [0.3, 0.4) is 0 Å². The van der Waals surface area contributed by atoms with E-state index in [4.69, 9.17) is 25.8 Å². The number of hydrogen-bond donors (Lipinski definition) is 5. The third kappa shape index (κ3) is 5.39. The van der Waals surface area contributed by atoms with Crippen molar-refractivity contribution < 1.29 is 44.5 Å². The molecular weight excluding hydrogens is 592 g/mol. The second kappa shape index (κ2) is 12.5. The predicted molar refractivity (Wildman–Crippen MR) is 159 cm³/mol. The van der Waals surface area contributed by atoms with Crippen LogP contribution in [0.15, 0.2) is 54.6 Å². The number of benzene rings is 3. The Hall–Kier alpha value is -3.42. The molecule has 0 aliphatic carbocycles. The minimum atomic E-state index is -1.57. The van der Waals surface area contributed by atoms with Crippen molar-refractivity contribution in [3.05, 3.63) is 87.4 Å². The number of halogens is 1. The molecule has 6 atom stereocenters. The van der Waals surface area contributed by atoms with E-state index in [0.717, 1.165) is 11.1 Å². The van der Waals surface area contributed by atoms with Crippen molar-refractivity contribution in [2.24, 2.45) is 0 Å². The van der Waals surface area contributed by atoms with Crippen LogP contribution < -0.4 is 4.74 Å². The highest BCUT2D eigenvalue weighted by Gasteiger charge is 2.53. The van der Waals surface area contributed by atoms with Gasteiger partial charge in [-0.15, -0.1) is 0 Å². The average molecular weight is 627 g/mol. The first-order chi connectivity index (χ1) is 21.2. The maximum Gasteiger partial charge on any atom is 0.339 e. The minimum absolute atomic E-state index is 0.00200. The number of carbonyl (C=O) groups is 1. The Morgan fingerprint density at radius 2 is 1.61 bits per heavy atom. The summed E-state index contributed by atoms with van der Waals surface area (Å²) >= 11 is 6.17. The molecule has 3 aliphatic heterocycles. The van der Waals surface area contributed by atoms with Gasteiger partial charge in [0.1, 0.15) is 24.4 Å². The summed E-state index contributed by atoms with van der Waals surface area (Å²) in [4.78, 5) is 17.8. The van der Waals surface area contributed by atoms with Crippen LogP contribution in [0.4, 0.5) is 0 Å². The summed E-state index contributed by atoms with van der Waals surface area (Å²) < 4.78 is 16.7. The number of aliphatic hydroxyl groups is 3. The lowest BCUT2D eigenvalue weighted by atomic mass is 9.84. The van der Waals surface area contributed by atoms with Crippen LogP contribution in [0.25, 0.3) is 0 Å². The largest absolute Gasteiger partial charge is 0.504 e. The van der Waals surface area contributed by atoms with Crippen LogP contribution in [0.5, 0.6) is 17.2 Å². The molecule has 3 heterocycles. The van der Waals surface area contributed by atoms with Gasteiger partial charge in [-0.25, -0.2) is 4.79 Å². The van der Waals surface area contributed by atoms with E-state index in [-0.39, 0.29) is 35.0 Å². The van der Waals surface area contributed by atoms with Crippen molar-refractivity contribution in [2.45, 2.75) is 43.1 Å². The van der Waals surface area contributed by atoms with Gasteiger partial charge in [-0.3, -0.25) is 9.80 Å². The third-order valence-electron chi connectivity index (χ3n) is 8.80. The molecule has 0 amide bonds. The first-order valence-corrected chi connectivity index (χ1v) is 14.9. The average Bonchev–Trinajstić information content (AvgIpc) is 3.03. The maximum atomic E-state index is 13.4. The highest BCUT2D eigenvalue weighted by Crippen LogP contribution is 2.52. The Morgan fingerprint density at radius 1 is 0.955 bits per heavy atom. The number of nitrogens with zero attached hydrogens (tertiary/aromatic N) is 2. The zero-order chi connectivity index (χ0) is 31.1. The lowest BCUT2D eigenvalue weighted by molar-refractivity contribution is -0.235. The number of esters is 1. The smallest absolute Gasteiger partial charge is 0.339 e. The van der Waals surface area contributed by atoms with Crippen molar-refractivity contribution in [3.63, 3.8) is 0 Å². The monoisotopic (exact) mass is 626 g/mol. The number of methoxy groups -OCH3 is 1. The third-order valence-corrected chi connectivity index (χ3v) is 9.05. The number of phenolic OH excluding ortho intramolecular Hbond substituents is 2. The maximum absolute atomic E-state index is 13.4. The van der Waals surface area contributed by atoms with Gasteiger partial charge >= 0.3 is 5.97 Å². The summed E-state index contributed by atoms with van der Waals surface area (Å²) in [6.45, 7) is 2.09. The summed E-state index contributed by atoms with van der Waals surface area (Å²) in [6.07, 6.45) is -6.83. The molecule has 0 radical (unpaired) electrons. The number of fused-ring (bicyclic) bond motifs is 3. The van der Waals surface area contributed by atoms with Crippen LogP contribution in [0.1, 0.15) is 44.8 Å². The molecule has 0 aromatic heterocycles. The molecule has 11 nitrogen and oxygen atoms in total. The van der Waals surface area contributed by atoms with Gasteiger partial charge in [0.25, 0.3) is 0 Å². The van der Waals surface area contributed by atoms with Crippen molar-refractivity contribution in [3.8, 4) is 17.2 Å². The van der Waals surface area contributed by atoms with Gasteiger partial charge in [0.05, 0.1) is 25.3 Å². The first kappa shape index (κ1) is 30.6. The molecular formula is C32H35ClN2O9. The molecule has 234 valence electrons. The lowest BCUT2D eigenvalue weighted by Crippen LogP contribution is -2.58. The molecule has 5 N–H and O–H groups in total. The summed E-state index contributed by atoms with van der Waals surface area (Å²) in [5.74, 6) is -2.07. The van der Waals surface area contributed by atoms with E-state index in [0.29, 0.717) is 31.2 Å². The molecule has 6 rings (SSSR count). The number of piperazine rings is 1. The molecule has 3 aromatic rings. The molecule has 2 fully saturated rings. The van der Waals surface area contributed by atoms with Crippen LogP contribution in [0, 0.1) is 0 Å². The van der Waals surface area contributed by atoms with Gasteiger partial charge < -0.3 is 39.7 Å². The van der Waals surface area contributed by atoms with E-state index in [2.05, 4.69) is 21.9 Å². The molecule has 3 unspecified atom stereocenters. The van der Waals surface area contributed by atoms with Gasteiger partial charge in [-0.05, 0) is 23.3 Å². The van der Waals surface area contributed by atoms with Crippen molar-refractivity contribution in [1.29, 1.82) is 0 Å². The van der Waals surface area contributed by atoms with Gasteiger partial charge in [-0.2, -0.15) is 0 Å². The van der Waals surface area contributed by atoms with E-state index in [1.165, 1.54) is 7.11 Å². The predicted octanol–water partition coefficient (Wildman–Crippen LogP) is 2.36. The highest BCUT2D eigenvalue weighted by atomic mass is 35.5. The fourth-order valence-corrected chi connectivity index (χ4v) is 6.69. The lowest BCUT2D eigenvalue weighted by Gasteiger charge is -2.45. The Morgan fingerprint density at radius 3 is 2.25 bits per heavy atom. The second-order valence-corrected chi connectivity index (χ2v) is 11.7. The molecule has 0 bridgehead atoms. The molecule has 3 aromatic carbocycles. The molecule has 12 heteroatoms. The molecule has 0 spiro atoms. The zero-order valence-electron chi connectivity index (χ0n) is 24.0. The SMILES string of the molecule is COc1c(O)c(CN2CCN(C(c3ccccc3)c3ccc(Cl)cc3)CC2)c2c(c1O)C1O[C@@H](CO)[C@H](O)[C@@H](O)C1OC2=O. The molecule has 2 saturated heterocycles. The molecule has 44 heavy (non-hydrogen) atoms. The van der Waals surface area contributed by atoms with Gasteiger partial charge in [-0.1, -0.05) is 54.1 Å². The number of hydrogen-bond acceptors (Lipinski definition) is 11. The normalized spacial score (nSPS) is 26.4. The number of aliphatic hydroxyl groups excluding tert-OH is 3. The van der Waals surface area contributed by atoms with E-state index in [9.17, 15) is 30.3 Å². The topological polar surface area (TPSA) is 152 Å². The van der Waals surface area contributed by atoms with E-state index in [1.54, 1.807) is 0 Å². The molecule has 0 saturated carbocycles. The summed E-state index contributed by atoms with van der Waals surface area (Å²) in [5, 5.41) is 53.7. The van der Waals surface area contributed by atoms with Crippen molar-refractivity contribution in [2.75, 3.05) is 39.9 Å². The van der Waals surface area contributed by atoms with E-state index < -0.39 is 54.6 Å². The fourth-order valence-electron chi connectivity index (χ4n) is 6.56. The van der Waals surface area contributed by atoms with Gasteiger partial charge in [0, 0.05) is 48.9 Å². The number of phenols is 2. The van der Waals surface area contributed by atoms with Crippen LogP contribution in [0.2, 0.25) is 5.02 Å². The quantitative estimate of drug-likeness (QED) is 0.246. The minimum Gasteiger partial charge on any atom is -0.504 e. The summed E-state index contributed by atoms with van der Waals surface area (Å²) in [5.41, 5.74) is 2.34. The zero-order valence-corrected chi connectivity index (χ0v) is 24.8. The number of ether oxygens (including phenoxy) is 3. The van der Waals surface area contributed by atoms with E-state index >= 15 is 0 Å². The number of aromatic hydroxyl groups is 2. The summed E-state index contributed by atoms with van der Waals surface area (Å²) in [6, 6.07) is 18.0. The van der Waals surface area contributed by atoms with Gasteiger partial charge in [0.15, 0.2) is 17.6 Å². The number of rotatable bonds is 7. The van der Waals surface area contributed by atoms with Crippen molar-refractivity contribution >= 4 is 17.6 Å². The van der Waals surface area contributed by atoms with Crippen molar-refractivity contribution in [1.82, 2.24) is 9.80 Å². The number of carbonyl (C=O) groups excluding carboxylic acids is 1. The Labute approximate surface area is 259 Å². The highest BCUT2D eigenvalue weighted by molar-refractivity contribution is 6.30. The van der Waals surface area contributed by atoms with E-state index in [1.807, 2.05) is 42.5 Å². The second-order valence-electron chi connectivity index (χ2n) is 11.3. The van der Waals surface area contributed by atoms with Gasteiger partial charge in [0.2, 0.25) is 5.75 Å². The Balaban J connectivity index is 1.29.